The van der Waals surface area contributed by atoms with Crippen LogP contribution in [0.4, 0.5) is 0 Å². The molecule has 18 heavy (non-hydrogen) atoms. The van der Waals surface area contributed by atoms with E-state index in [1.165, 1.54) is 4.31 Å². The first-order chi connectivity index (χ1) is 8.54. The zero-order valence-electron chi connectivity index (χ0n) is 10.9. The highest BCUT2D eigenvalue weighted by atomic mass is 32.2. The Morgan fingerprint density at radius 3 is 2.50 bits per heavy atom. The lowest BCUT2D eigenvalue weighted by Crippen LogP contribution is -2.52. The van der Waals surface area contributed by atoms with Crippen molar-refractivity contribution in [1.29, 1.82) is 0 Å². The Bertz CT molecular complexity index is 364. The van der Waals surface area contributed by atoms with Crippen molar-refractivity contribution >= 4 is 10.0 Å². The van der Waals surface area contributed by atoms with E-state index in [1.54, 1.807) is 0 Å². The van der Waals surface area contributed by atoms with Gasteiger partial charge in [0.2, 0.25) is 10.0 Å². The van der Waals surface area contributed by atoms with Gasteiger partial charge in [-0.1, -0.05) is 19.3 Å². The Hall–Kier alpha value is -0.170. The van der Waals surface area contributed by atoms with Gasteiger partial charge in [-0.15, -0.1) is 0 Å². The van der Waals surface area contributed by atoms with E-state index >= 15 is 0 Å². The molecule has 1 saturated carbocycles. The van der Waals surface area contributed by atoms with Gasteiger partial charge in [-0.3, -0.25) is 0 Å². The minimum Gasteiger partial charge on any atom is -0.394 e. The number of sulfonamides is 1. The molecule has 2 rings (SSSR count). The number of aliphatic hydroxyl groups is 1. The fourth-order valence-corrected chi connectivity index (χ4v) is 5.03. The maximum absolute atomic E-state index is 12.5. The second-order valence-electron chi connectivity index (χ2n) is 5.37. The van der Waals surface area contributed by atoms with Gasteiger partial charge in [0, 0.05) is 13.1 Å². The zero-order valence-corrected chi connectivity index (χ0v) is 11.7. The van der Waals surface area contributed by atoms with Gasteiger partial charge in [0.1, 0.15) is 0 Å². The van der Waals surface area contributed by atoms with Gasteiger partial charge in [-0.2, -0.15) is 4.31 Å². The third-order valence-electron chi connectivity index (χ3n) is 3.83. The van der Waals surface area contributed by atoms with Crippen LogP contribution in [0.3, 0.4) is 0 Å². The monoisotopic (exact) mass is 277 g/mol. The Kier molecular flexibility index (Phi) is 4.64. The summed E-state index contributed by atoms with van der Waals surface area (Å²) in [6.45, 7) is 2.43. The average Bonchev–Trinajstić information content (AvgIpc) is 2.39. The van der Waals surface area contributed by atoms with Crippen molar-refractivity contribution in [2.45, 2.75) is 56.5 Å². The predicted octanol–water partition coefficient (Wildman–Crippen LogP) is 0.730. The highest BCUT2D eigenvalue weighted by Crippen LogP contribution is 2.27. The zero-order chi connectivity index (χ0) is 13.2. The highest BCUT2D eigenvalue weighted by molar-refractivity contribution is 7.89. The molecule has 0 aromatic carbocycles. The maximum atomic E-state index is 12.5. The van der Waals surface area contributed by atoms with E-state index in [0.29, 0.717) is 13.1 Å². The van der Waals surface area contributed by atoms with E-state index in [2.05, 4.69) is 0 Å². The van der Waals surface area contributed by atoms with E-state index in [9.17, 15) is 8.42 Å². The summed E-state index contributed by atoms with van der Waals surface area (Å²) < 4.78 is 32.1. The molecule has 0 bridgehead atoms. The van der Waals surface area contributed by atoms with Gasteiger partial charge in [0.15, 0.2) is 0 Å². The van der Waals surface area contributed by atoms with Crippen LogP contribution in [0.2, 0.25) is 0 Å². The smallest absolute Gasteiger partial charge is 0.217 e. The summed E-state index contributed by atoms with van der Waals surface area (Å²) in [7, 11) is -3.22. The molecule has 2 fully saturated rings. The van der Waals surface area contributed by atoms with Crippen LogP contribution in [0.15, 0.2) is 0 Å². The average molecular weight is 277 g/mol. The number of ether oxygens (including phenoxy) is 1. The largest absolute Gasteiger partial charge is 0.394 e. The van der Waals surface area contributed by atoms with Gasteiger partial charge in [0.05, 0.1) is 24.1 Å². The lowest BCUT2D eigenvalue weighted by Gasteiger charge is -2.37. The van der Waals surface area contributed by atoms with Crippen molar-refractivity contribution < 1.29 is 18.3 Å². The molecule has 2 atom stereocenters. The summed E-state index contributed by atoms with van der Waals surface area (Å²) in [6.07, 6.45) is 4.18. The van der Waals surface area contributed by atoms with E-state index in [1.807, 2.05) is 6.92 Å². The molecule has 6 heteroatoms. The lowest BCUT2D eigenvalue weighted by atomic mass is 10.0. The predicted molar refractivity (Wildman–Crippen MR) is 68.8 cm³/mol. The fourth-order valence-electron chi connectivity index (χ4n) is 2.89. The van der Waals surface area contributed by atoms with E-state index in [4.69, 9.17) is 9.84 Å². The highest BCUT2D eigenvalue weighted by Gasteiger charge is 2.37. The third-order valence-corrected chi connectivity index (χ3v) is 6.16. The van der Waals surface area contributed by atoms with E-state index < -0.39 is 10.0 Å². The summed E-state index contributed by atoms with van der Waals surface area (Å²) in [6, 6.07) is 0. The van der Waals surface area contributed by atoms with Crippen LogP contribution in [0.25, 0.3) is 0 Å². The number of aliphatic hydroxyl groups excluding tert-OH is 1. The van der Waals surface area contributed by atoms with Crippen molar-refractivity contribution in [1.82, 2.24) is 4.31 Å². The molecule has 1 aliphatic heterocycles. The van der Waals surface area contributed by atoms with E-state index in [-0.39, 0.29) is 24.1 Å². The summed E-state index contributed by atoms with van der Waals surface area (Å²) in [4.78, 5) is 0. The molecule has 1 N–H and O–H groups in total. The summed E-state index contributed by atoms with van der Waals surface area (Å²) in [5, 5.41) is 8.93. The second kappa shape index (κ2) is 5.86. The number of rotatable bonds is 3. The molecule has 1 saturated heterocycles. The molecule has 0 amide bonds. The molecule has 0 aromatic heterocycles. The number of morpholine rings is 1. The molecule has 0 aromatic rings. The first-order valence-corrected chi connectivity index (χ1v) is 8.29. The molecule has 1 heterocycles. The first-order valence-electron chi connectivity index (χ1n) is 6.79. The maximum Gasteiger partial charge on any atom is 0.217 e. The Labute approximate surface area is 109 Å². The minimum absolute atomic E-state index is 0.124. The van der Waals surface area contributed by atoms with Crippen LogP contribution < -0.4 is 0 Å². The minimum atomic E-state index is -3.22. The lowest BCUT2D eigenvalue weighted by molar-refractivity contribution is -0.0752. The van der Waals surface area contributed by atoms with Gasteiger partial charge in [-0.05, 0) is 19.8 Å². The van der Waals surface area contributed by atoms with Crippen molar-refractivity contribution in [3.63, 3.8) is 0 Å². The van der Waals surface area contributed by atoms with Gasteiger partial charge < -0.3 is 9.84 Å². The van der Waals surface area contributed by atoms with Crippen molar-refractivity contribution in [2.24, 2.45) is 0 Å². The van der Waals surface area contributed by atoms with Gasteiger partial charge in [-0.25, -0.2) is 8.42 Å². The SMILES string of the molecule is CC1CN(S(=O)(=O)C2CCCCC2)CC(CO)O1. The first kappa shape index (κ1) is 14.2. The third kappa shape index (κ3) is 3.04. The van der Waals surface area contributed by atoms with Crippen molar-refractivity contribution in [3.05, 3.63) is 0 Å². The summed E-state index contributed by atoms with van der Waals surface area (Å²) in [5.74, 6) is 0. The van der Waals surface area contributed by atoms with Crippen LogP contribution >= 0.6 is 0 Å². The molecular formula is C12H23NO4S. The van der Waals surface area contributed by atoms with Gasteiger partial charge >= 0.3 is 0 Å². The van der Waals surface area contributed by atoms with Crippen molar-refractivity contribution in [3.8, 4) is 0 Å². The van der Waals surface area contributed by atoms with Crippen molar-refractivity contribution in [2.75, 3.05) is 19.7 Å². The molecule has 2 aliphatic rings. The van der Waals surface area contributed by atoms with Crippen LogP contribution in [0.5, 0.6) is 0 Å². The summed E-state index contributed by atoms with van der Waals surface area (Å²) in [5.41, 5.74) is 0. The van der Waals surface area contributed by atoms with Crippen LogP contribution in [-0.2, 0) is 14.8 Å². The molecule has 0 radical (unpaired) electrons. The number of hydrogen-bond acceptors (Lipinski definition) is 4. The van der Waals surface area contributed by atoms with Gasteiger partial charge in [0.25, 0.3) is 0 Å². The number of hydrogen-bond donors (Lipinski definition) is 1. The standard InChI is InChI=1S/C12H23NO4S/c1-10-7-13(8-11(9-14)17-10)18(15,16)12-5-3-2-4-6-12/h10-12,14H,2-9H2,1H3. The quantitative estimate of drug-likeness (QED) is 0.826. The topological polar surface area (TPSA) is 66.8 Å². The number of nitrogens with zero attached hydrogens (tertiary/aromatic N) is 1. The molecular weight excluding hydrogens is 254 g/mol. The molecule has 0 spiro atoms. The van der Waals surface area contributed by atoms with E-state index in [0.717, 1.165) is 32.1 Å². The molecule has 2 unspecified atom stereocenters. The second-order valence-corrected chi connectivity index (χ2v) is 7.59. The molecule has 1 aliphatic carbocycles. The van der Waals surface area contributed by atoms with Crippen LogP contribution in [0.1, 0.15) is 39.0 Å². The van der Waals surface area contributed by atoms with Crippen LogP contribution in [-0.4, -0.2) is 55.0 Å². The summed E-state index contributed by atoms with van der Waals surface area (Å²) >= 11 is 0. The molecule has 5 nitrogen and oxygen atoms in total. The fraction of sp³-hybridized carbons (Fsp3) is 1.00. The van der Waals surface area contributed by atoms with Crippen LogP contribution in [0, 0.1) is 0 Å². The Morgan fingerprint density at radius 1 is 1.22 bits per heavy atom. The Morgan fingerprint density at radius 2 is 1.89 bits per heavy atom. The molecule has 106 valence electrons. The Balaban J connectivity index is 2.08. The normalized spacial score (nSPS) is 32.6.